The minimum Gasteiger partial charge on any atom is -0.497 e. The molecule has 0 aliphatic carbocycles. The van der Waals surface area contributed by atoms with Gasteiger partial charge >= 0.3 is 0 Å². The van der Waals surface area contributed by atoms with Crippen molar-refractivity contribution in [2.45, 2.75) is 38.3 Å². The Morgan fingerprint density at radius 2 is 2.03 bits per heavy atom. The Morgan fingerprint density at radius 1 is 1.17 bits per heavy atom. The van der Waals surface area contributed by atoms with Gasteiger partial charge in [-0.15, -0.1) is 0 Å². The van der Waals surface area contributed by atoms with Gasteiger partial charge in [0.25, 0.3) is 5.91 Å². The highest BCUT2D eigenvalue weighted by Crippen LogP contribution is 2.30. The number of benzene rings is 1. The molecule has 1 aromatic heterocycles. The predicted octanol–water partition coefficient (Wildman–Crippen LogP) is 2.85. The van der Waals surface area contributed by atoms with Crippen molar-refractivity contribution in [3.8, 4) is 11.5 Å². The number of fused-ring (bicyclic) bond motifs is 1. The summed E-state index contributed by atoms with van der Waals surface area (Å²) in [6, 6.07) is 5.59. The molecule has 1 aromatic carbocycles. The zero-order chi connectivity index (χ0) is 20.4. The van der Waals surface area contributed by atoms with Crippen LogP contribution in [0.1, 0.15) is 52.7 Å². The smallest absolute Gasteiger partial charge is 0.258 e. The molecule has 1 amide bonds. The molecule has 3 heterocycles. The number of ether oxygens (including phenoxy) is 2. The Bertz CT molecular complexity index is 902. The zero-order valence-electron chi connectivity index (χ0n) is 17.4. The first-order valence-corrected chi connectivity index (χ1v) is 10.2. The number of hydrogen-bond donors (Lipinski definition) is 0. The molecule has 1 fully saturated rings. The molecule has 2 aromatic rings. The minimum atomic E-state index is -0.0671. The van der Waals surface area contributed by atoms with Gasteiger partial charge in [-0.2, -0.15) is 0 Å². The van der Waals surface area contributed by atoms with Crippen molar-refractivity contribution in [1.29, 1.82) is 0 Å². The average Bonchev–Trinajstić information content (AvgIpc) is 2.77. The average molecular weight is 396 g/mol. The Hall–Kier alpha value is -2.67. The van der Waals surface area contributed by atoms with E-state index >= 15 is 0 Å². The second-order valence-corrected chi connectivity index (χ2v) is 7.74. The third kappa shape index (κ3) is 3.92. The molecule has 0 radical (unpaired) electrons. The van der Waals surface area contributed by atoms with Gasteiger partial charge in [0.2, 0.25) is 0 Å². The summed E-state index contributed by atoms with van der Waals surface area (Å²) in [5.74, 6) is 2.03. The first-order valence-electron chi connectivity index (χ1n) is 10.2. The standard InChI is InChI=1S/C22H28N4O3/c1-25-10-5-4-6-19(25)21-23-13-15-14-26(11-9-18(15)24-21)22(27)17-12-16(28-2)7-8-20(17)29-3/h7-8,12-13,19H,4-6,9-11,14H2,1-3H3. The van der Waals surface area contributed by atoms with Crippen LogP contribution in [0.5, 0.6) is 11.5 Å². The van der Waals surface area contributed by atoms with Crippen molar-refractivity contribution in [3.05, 3.63) is 47.0 Å². The molecule has 2 aliphatic heterocycles. The maximum Gasteiger partial charge on any atom is 0.258 e. The first kappa shape index (κ1) is 19.6. The molecule has 4 rings (SSSR count). The number of likely N-dealkylation sites (tertiary alicyclic amines) is 1. The normalized spacial score (nSPS) is 19.6. The Kier molecular flexibility index (Phi) is 5.67. The van der Waals surface area contributed by atoms with Gasteiger partial charge in [0.1, 0.15) is 17.3 Å². The van der Waals surface area contributed by atoms with Crippen molar-refractivity contribution < 1.29 is 14.3 Å². The van der Waals surface area contributed by atoms with Crippen LogP contribution in [0.2, 0.25) is 0 Å². The largest absolute Gasteiger partial charge is 0.497 e. The number of methoxy groups -OCH3 is 2. The third-order valence-electron chi connectivity index (χ3n) is 5.95. The van der Waals surface area contributed by atoms with E-state index in [9.17, 15) is 4.79 Å². The molecular formula is C22H28N4O3. The number of carbonyl (C=O) groups excluding carboxylic acids is 1. The van der Waals surface area contributed by atoms with E-state index in [2.05, 4.69) is 16.9 Å². The van der Waals surface area contributed by atoms with Crippen LogP contribution in [0.3, 0.4) is 0 Å². The quantitative estimate of drug-likeness (QED) is 0.792. The molecule has 0 saturated carbocycles. The summed E-state index contributed by atoms with van der Waals surface area (Å²) in [4.78, 5) is 26.9. The monoisotopic (exact) mass is 396 g/mol. The minimum absolute atomic E-state index is 0.0671. The lowest BCUT2D eigenvalue weighted by atomic mass is 10.0. The SMILES string of the molecule is COc1ccc(OC)c(C(=O)N2CCc3nc(C4CCCCN4C)ncc3C2)c1. The van der Waals surface area contributed by atoms with E-state index < -0.39 is 0 Å². The van der Waals surface area contributed by atoms with E-state index in [1.807, 2.05) is 11.1 Å². The van der Waals surface area contributed by atoms with Gasteiger partial charge in [0.15, 0.2) is 0 Å². The van der Waals surface area contributed by atoms with E-state index in [4.69, 9.17) is 14.5 Å². The lowest BCUT2D eigenvalue weighted by Gasteiger charge is -2.33. The molecule has 1 saturated heterocycles. The fourth-order valence-corrected chi connectivity index (χ4v) is 4.22. The molecule has 2 aliphatic rings. The van der Waals surface area contributed by atoms with Crippen LogP contribution < -0.4 is 9.47 Å². The molecule has 0 N–H and O–H groups in total. The maximum absolute atomic E-state index is 13.2. The van der Waals surface area contributed by atoms with E-state index in [-0.39, 0.29) is 5.91 Å². The van der Waals surface area contributed by atoms with Crippen molar-refractivity contribution in [2.24, 2.45) is 0 Å². The molecular weight excluding hydrogens is 368 g/mol. The highest BCUT2D eigenvalue weighted by molar-refractivity contribution is 5.97. The second-order valence-electron chi connectivity index (χ2n) is 7.74. The zero-order valence-corrected chi connectivity index (χ0v) is 17.4. The summed E-state index contributed by atoms with van der Waals surface area (Å²) in [5.41, 5.74) is 2.60. The van der Waals surface area contributed by atoms with Crippen LogP contribution in [-0.4, -0.2) is 60.0 Å². The molecule has 29 heavy (non-hydrogen) atoms. The number of rotatable bonds is 4. The highest BCUT2D eigenvalue weighted by Gasteiger charge is 2.28. The van der Waals surface area contributed by atoms with Crippen molar-refractivity contribution in [3.63, 3.8) is 0 Å². The van der Waals surface area contributed by atoms with Gasteiger partial charge in [-0.25, -0.2) is 9.97 Å². The van der Waals surface area contributed by atoms with Gasteiger partial charge in [-0.3, -0.25) is 9.69 Å². The predicted molar refractivity (Wildman–Crippen MR) is 109 cm³/mol. The topological polar surface area (TPSA) is 67.8 Å². The summed E-state index contributed by atoms with van der Waals surface area (Å²) in [5, 5.41) is 0. The van der Waals surface area contributed by atoms with Gasteiger partial charge < -0.3 is 14.4 Å². The first-order chi connectivity index (χ1) is 14.1. The Labute approximate surface area is 171 Å². The Morgan fingerprint density at radius 3 is 2.79 bits per heavy atom. The number of aromatic nitrogens is 2. The number of piperidine rings is 1. The van der Waals surface area contributed by atoms with Crippen LogP contribution in [0, 0.1) is 0 Å². The van der Waals surface area contributed by atoms with Crippen LogP contribution in [0.25, 0.3) is 0 Å². The van der Waals surface area contributed by atoms with E-state index in [0.717, 1.165) is 36.5 Å². The van der Waals surface area contributed by atoms with Gasteiger partial charge in [-0.1, -0.05) is 6.42 Å². The lowest BCUT2D eigenvalue weighted by molar-refractivity contribution is 0.0729. The molecule has 0 bridgehead atoms. The lowest BCUT2D eigenvalue weighted by Crippen LogP contribution is -2.37. The summed E-state index contributed by atoms with van der Waals surface area (Å²) >= 11 is 0. The van der Waals surface area contributed by atoms with Crippen molar-refractivity contribution in [1.82, 2.24) is 19.8 Å². The van der Waals surface area contributed by atoms with Crippen LogP contribution in [0.15, 0.2) is 24.4 Å². The number of nitrogens with zero attached hydrogens (tertiary/aromatic N) is 4. The van der Waals surface area contributed by atoms with Crippen LogP contribution in [-0.2, 0) is 13.0 Å². The van der Waals surface area contributed by atoms with Gasteiger partial charge in [0, 0.05) is 31.3 Å². The molecule has 154 valence electrons. The van der Waals surface area contributed by atoms with Crippen molar-refractivity contribution in [2.75, 3.05) is 34.4 Å². The van der Waals surface area contributed by atoms with Crippen LogP contribution in [0.4, 0.5) is 0 Å². The molecule has 0 spiro atoms. The summed E-state index contributed by atoms with van der Waals surface area (Å²) in [7, 11) is 5.31. The Balaban J connectivity index is 1.54. The summed E-state index contributed by atoms with van der Waals surface area (Å²) in [6.45, 7) is 2.23. The molecule has 1 atom stereocenters. The van der Waals surface area contributed by atoms with E-state index in [1.165, 1.54) is 12.8 Å². The fraction of sp³-hybridized carbons (Fsp3) is 0.500. The van der Waals surface area contributed by atoms with Crippen molar-refractivity contribution >= 4 is 5.91 Å². The maximum atomic E-state index is 13.2. The van der Waals surface area contributed by atoms with E-state index in [0.29, 0.717) is 36.2 Å². The number of carbonyl (C=O) groups is 1. The second kappa shape index (κ2) is 8.37. The third-order valence-corrected chi connectivity index (χ3v) is 5.95. The number of amides is 1. The molecule has 7 heteroatoms. The van der Waals surface area contributed by atoms with Gasteiger partial charge in [-0.05, 0) is 44.6 Å². The summed E-state index contributed by atoms with van der Waals surface area (Å²) in [6.07, 6.45) is 6.21. The fourth-order valence-electron chi connectivity index (χ4n) is 4.22. The molecule has 7 nitrogen and oxygen atoms in total. The summed E-state index contributed by atoms with van der Waals surface area (Å²) < 4.78 is 10.7. The van der Waals surface area contributed by atoms with Gasteiger partial charge in [0.05, 0.1) is 31.5 Å². The number of hydrogen-bond acceptors (Lipinski definition) is 6. The van der Waals surface area contributed by atoms with Crippen LogP contribution >= 0.6 is 0 Å². The molecule has 1 unspecified atom stereocenters. The van der Waals surface area contributed by atoms with E-state index in [1.54, 1.807) is 32.4 Å². The highest BCUT2D eigenvalue weighted by atomic mass is 16.5.